The van der Waals surface area contributed by atoms with E-state index in [2.05, 4.69) is 21.5 Å². The van der Waals surface area contributed by atoms with E-state index in [0.29, 0.717) is 6.61 Å². The molecule has 0 radical (unpaired) electrons. The molecule has 2 saturated heterocycles. The Bertz CT molecular complexity index is 728. The number of aliphatic carboxylic acids is 1. The van der Waals surface area contributed by atoms with Crippen LogP contribution in [0.4, 0.5) is 13.2 Å². The van der Waals surface area contributed by atoms with Crippen LogP contribution in [0.1, 0.15) is 38.7 Å². The Morgan fingerprint density at radius 3 is 2.43 bits per heavy atom. The normalized spacial score (nSPS) is 21.4. The monoisotopic (exact) mass is 434 g/mol. The lowest BCUT2D eigenvalue weighted by Gasteiger charge is -2.38. The summed E-state index contributed by atoms with van der Waals surface area (Å²) in [7, 11) is 1.95. The molecule has 3 heterocycles. The number of aromatic nitrogens is 2. The number of amides is 1. The minimum atomic E-state index is -5.08. The second kappa shape index (κ2) is 9.78. The van der Waals surface area contributed by atoms with E-state index in [-0.39, 0.29) is 23.5 Å². The van der Waals surface area contributed by atoms with Gasteiger partial charge in [-0.25, -0.2) is 4.79 Å². The zero-order chi connectivity index (χ0) is 22.5. The summed E-state index contributed by atoms with van der Waals surface area (Å²) in [5.41, 5.74) is 1.23. The van der Waals surface area contributed by atoms with E-state index in [1.165, 1.54) is 5.56 Å². The Labute approximate surface area is 173 Å². The highest BCUT2D eigenvalue weighted by Gasteiger charge is 2.43. The van der Waals surface area contributed by atoms with Gasteiger partial charge in [0.15, 0.2) is 0 Å². The Kier molecular flexibility index (Phi) is 7.87. The Balaban J connectivity index is 0.000000396. The molecule has 1 spiro atoms. The molecule has 1 aromatic rings. The molecule has 8 nitrogen and oxygen atoms in total. The van der Waals surface area contributed by atoms with Crippen molar-refractivity contribution < 1.29 is 32.6 Å². The summed E-state index contributed by atoms with van der Waals surface area (Å²) in [6.07, 6.45) is 1.97. The van der Waals surface area contributed by atoms with Crippen LogP contribution in [0, 0.1) is 5.92 Å². The van der Waals surface area contributed by atoms with Crippen molar-refractivity contribution in [1.82, 2.24) is 20.0 Å². The number of likely N-dealkylation sites (tertiary alicyclic amines) is 1. The van der Waals surface area contributed by atoms with Crippen molar-refractivity contribution in [2.45, 2.75) is 57.5 Å². The standard InChI is InChI=1S/C17H28N4O2.C2HF3O2/c1-13(2)16(22)19-15-8-17(23-12-15)4-6-21(7-5-17)11-14-9-18-20(3)10-14;3-2(4,5)1(6)7/h9-10,13,15H,4-8,11-12H2,1-3H3,(H,19,22);(H,6,7). The van der Waals surface area contributed by atoms with E-state index in [1.54, 1.807) is 0 Å². The van der Waals surface area contributed by atoms with E-state index in [1.807, 2.05) is 31.8 Å². The summed E-state index contributed by atoms with van der Waals surface area (Å²) in [6.45, 7) is 7.55. The van der Waals surface area contributed by atoms with Crippen molar-refractivity contribution in [1.29, 1.82) is 0 Å². The molecule has 0 bridgehead atoms. The van der Waals surface area contributed by atoms with Crippen LogP contribution in [0.15, 0.2) is 12.4 Å². The molecule has 0 saturated carbocycles. The number of carboxylic acids is 1. The van der Waals surface area contributed by atoms with Crippen LogP contribution in [0.5, 0.6) is 0 Å². The predicted octanol–water partition coefficient (Wildman–Crippen LogP) is 1.95. The maximum Gasteiger partial charge on any atom is 0.490 e. The number of piperidine rings is 1. The van der Waals surface area contributed by atoms with Gasteiger partial charge >= 0.3 is 12.1 Å². The average Bonchev–Trinajstić information content (AvgIpc) is 3.23. The van der Waals surface area contributed by atoms with E-state index in [4.69, 9.17) is 14.6 Å². The first-order chi connectivity index (χ1) is 13.9. The zero-order valence-corrected chi connectivity index (χ0v) is 17.4. The summed E-state index contributed by atoms with van der Waals surface area (Å²) in [6, 6.07) is 0.176. The number of carbonyl (C=O) groups is 2. The van der Waals surface area contributed by atoms with Gasteiger partial charge in [-0.3, -0.25) is 14.4 Å². The lowest BCUT2D eigenvalue weighted by atomic mass is 9.87. The fourth-order valence-corrected chi connectivity index (χ4v) is 3.58. The first-order valence-electron chi connectivity index (χ1n) is 9.84. The van der Waals surface area contributed by atoms with E-state index < -0.39 is 12.1 Å². The highest BCUT2D eigenvalue weighted by Crippen LogP contribution is 2.36. The molecule has 11 heteroatoms. The van der Waals surface area contributed by atoms with Crippen molar-refractivity contribution in [2.24, 2.45) is 13.0 Å². The van der Waals surface area contributed by atoms with E-state index in [9.17, 15) is 18.0 Å². The lowest BCUT2D eigenvalue weighted by molar-refractivity contribution is -0.192. The van der Waals surface area contributed by atoms with Crippen molar-refractivity contribution in [3.05, 3.63) is 18.0 Å². The number of alkyl halides is 3. The van der Waals surface area contributed by atoms with E-state index >= 15 is 0 Å². The second-order valence-corrected chi connectivity index (χ2v) is 8.16. The summed E-state index contributed by atoms with van der Waals surface area (Å²) < 4.78 is 39.7. The van der Waals surface area contributed by atoms with Crippen LogP contribution in [0.3, 0.4) is 0 Å². The molecule has 2 fully saturated rings. The van der Waals surface area contributed by atoms with Gasteiger partial charge in [0.25, 0.3) is 0 Å². The van der Waals surface area contributed by atoms with Crippen LogP contribution in [0.2, 0.25) is 0 Å². The van der Waals surface area contributed by atoms with Gasteiger partial charge in [0.1, 0.15) is 0 Å². The first-order valence-corrected chi connectivity index (χ1v) is 9.84. The summed E-state index contributed by atoms with van der Waals surface area (Å²) in [4.78, 5) is 23.2. The van der Waals surface area contributed by atoms with Crippen LogP contribution in [0.25, 0.3) is 0 Å². The Hall–Kier alpha value is -2.14. The lowest BCUT2D eigenvalue weighted by Crippen LogP contribution is -2.45. The minimum absolute atomic E-state index is 0.0274. The van der Waals surface area contributed by atoms with Gasteiger partial charge in [0, 0.05) is 44.4 Å². The van der Waals surface area contributed by atoms with Gasteiger partial charge in [0.05, 0.1) is 24.4 Å². The quantitative estimate of drug-likeness (QED) is 0.752. The van der Waals surface area contributed by atoms with Crippen LogP contribution in [-0.2, 0) is 27.9 Å². The third kappa shape index (κ3) is 6.98. The number of rotatable bonds is 4. The Morgan fingerprint density at radius 2 is 1.97 bits per heavy atom. The van der Waals surface area contributed by atoms with Gasteiger partial charge in [-0.1, -0.05) is 13.8 Å². The number of ether oxygens (including phenoxy) is 1. The topological polar surface area (TPSA) is 96.7 Å². The van der Waals surface area contributed by atoms with Gasteiger partial charge in [0.2, 0.25) is 5.91 Å². The van der Waals surface area contributed by atoms with Crippen LogP contribution in [-0.4, -0.2) is 69.2 Å². The molecular weight excluding hydrogens is 405 g/mol. The number of carboxylic acid groups (broad SMARTS) is 1. The van der Waals surface area contributed by atoms with Gasteiger partial charge in [-0.05, 0) is 19.3 Å². The fraction of sp³-hybridized carbons (Fsp3) is 0.737. The largest absolute Gasteiger partial charge is 0.490 e. The summed E-state index contributed by atoms with van der Waals surface area (Å²) >= 11 is 0. The van der Waals surface area contributed by atoms with Crippen molar-refractivity contribution in [3.8, 4) is 0 Å². The molecule has 1 unspecified atom stereocenters. The molecule has 30 heavy (non-hydrogen) atoms. The number of nitrogens with zero attached hydrogens (tertiary/aromatic N) is 3. The van der Waals surface area contributed by atoms with Gasteiger partial charge in [-0.2, -0.15) is 18.3 Å². The molecule has 2 N–H and O–H groups in total. The molecule has 170 valence electrons. The number of aryl methyl sites for hydroxylation is 1. The number of hydrogen-bond donors (Lipinski definition) is 2. The number of halogens is 3. The number of hydrogen-bond acceptors (Lipinski definition) is 5. The molecule has 3 rings (SSSR count). The fourth-order valence-electron chi connectivity index (χ4n) is 3.58. The van der Waals surface area contributed by atoms with Gasteiger partial charge in [-0.15, -0.1) is 0 Å². The molecule has 1 amide bonds. The zero-order valence-electron chi connectivity index (χ0n) is 17.4. The molecular formula is C19H29F3N4O4. The molecule has 1 atom stereocenters. The third-order valence-corrected chi connectivity index (χ3v) is 5.25. The molecule has 2 aliphatic rings. The second-order valence-electron chi connectivity index (χ2n) is 8.16. The highest BCUT2D eigenvalue weighted by atomic mass is 19.4. The SMILES string of the molecule is CC(C)C(=O)NC1COC2(CCN(Cc3cnn(C)c3)CC2)C1.O=C(O)C(F)(F)F. The molecule has 0 aliphatic carbocycles. The molecule has 1 aromatic heterocycles. The minimum Gasteiger partial charge on any atom is -0.475 e. The summed E-state index contributed by atoms with van der Waals surface area (Å²) in [5, 5.41) is 14.5. The smallest absolute Gasteiger partial charge is 0.475 e. The van der Waals surface area contributed by atoms with Gasteiger partial charge < -0.3 is 15.2 Å². The number of carbonyl (C=O) groups excluding carboxylic acids is 1. The average molecular weight is 434 g/mol. The number of nitrogens with one attached hydrogen (secondary N) is 1. The first kappa shape index (κ1) is 24.1. The van der Waals surface area contributed by atoms with Crippen molar-refractivity contribution >= 4 is 11.9 Å². The predicted molar refractivity (Wildman–Crippen MR) is 101 cm³/mol. The maximum atomic E-state index is 11.8. The van der Waals surface area contributed by atoms with Crippen LogP contribution < -0.4 is 5.32 Å². The maximum absolute atomic E-state index is 11.8. The van der Waals surface area contributed by atoms with Crippen molar-refractivity contribution in [3.63, 3.8) is 0 Å². The molecule has 2 aliphatic heterocycles. The summed E-state index contributed by atoms with van der Waals surface area (Å²) in [5.74, 6) is -2.59. The third-order valence-electron chi connectivity index (χ3n) is 5.25. The molecule has 0 aromatic carbocycles. The highest BCUT2D eigenvalue weighted by molar-refractivity contribution is 5.78. The van der Waals surface area contributed by atoms with Crippen molar-refractivity contribution in [2.75, 3.05) is 19.7 Å². The Morgan fingerprint density at radius 1 is 1.37 bits per heavy atom. The van der Waals surface area contributed by atoms with Crippen LogP contribution >= 0.6 is 0 Å². The van der Waals surface area contributed by atoms with E-state index in [0.717, 1.165) is 38.9 Å².